The van der Waals surface area contributed by atoms with E-state index in [-0.39, 0.29) is 17.2 Å². The van der Waals surface area contributed by atoms with E-state index in [1.165, 1.54) is 25.3 Å². The number of ether oxygens (including phenoxy) is 2. The van der Waals surface area contributed by atoms with Gasteiger partial charge in [0.05, 0.1) is 13.5 Å². The summed E-state index contributed by atoms with van der Waals surface area (Å²) in [5.41, 5.74) is -1.98. The third kappa shape index (κ3) is 4.70. The van der Waals surface area contributed by atoms with E-state index in [0.717, 1.165) is 0 Å². The standard InChI is InChI=1S/C20H17ClF4N2O4/c1-30-16-7-2-11(8-12(16)10-31-14-5-3-13(21)4-6-14)18(28)27-20(29,19(24)25)9-15(26-27)17(22)23/h2-8,19,26,29H,9-10H2,1H3. The highest BCUT2D eigenvalue weighted by molar-refractivity contribution is 6.30. The summed E-state index contributed by atoms with van der Waals surface area (Å²) in [5, 5.41) is 10.8. The summed E-state index contributed by atoms with van der Waals surface area (Å²) in [6, 6.07) is 10.4. The van der Waals surface area contributed by atoms with Crippen LogP contribution in [0, 0.1) is 0 Å². The average Bonchev–Trinajstić information content (AvgIpc) is 3.12. The Kier molecular flexibility index (Phi) is 6.61. The number of aliphatic hydroxyl groups is 1. The number of carbonyl (C=O) groups excluding carboxylic acids is 1. The minimum absolute atomic E-state index is 0.0528. The molecule has 0 saturated carbocycles. The fourth-order valence-electron chi connectivity index (χ4n) is 2.97. The average molecular weight is 461 g/mol. The van der Waals surface area contributed by atoms with Crippen molar-refractivity contribution in [3.05, 3.63) is 70.4 Å². The van der Waals surface area contributed by atoms with E-state index < -0.39 is 36.3 Å². The number of amides is 1. The molecule has 31 heavy (non-hydrogen) atoms. The van der Waals surface area contributed by atoms with Crippen molar-refractivity contribution < 1.29 is 36.9 Å². The lowest BCUT2D eigenvalue weighted by Crippen LogP contribution is -2.55. The maximum atomic E-state index is 13.4. The Labute approximate surface area is 179 Å². The summed E-state index contributed by atoms with van der Waals surface area (Å²) < 4.78 is 63.5. The molecule has 1 amide bonds. The van der Waals surface area contributed by atoms with Gasteiger partial charge >= 0.3 is 0 Å². The lowest BCUT2D eigenvalue weighted by molar-refractivity contribution is -0.168. The molecule has 0 aromatic heterocycles. The zero-order chi connectivity index (χ0) is 22.8. The van der Waals surface area contributed by atoms with Gasteiger partial charge in [-0.25, -0.2) is 13.8 Å². The minimum atomic E-state index is -3.49. The first-order valence-corrected chi connectivity index (χ1v) is 9.24. The highest BCUT2D eigenvalue weighted by Gasteiger charge is 2.53. The second-order valence-electron chi connectivity index (χ2n) is 6.62. The van der Waals surface area contributed by atoms with Crippen molar-refractivity contribution in [1.29, 1.82) is 0 Å². The summed E-state index contributed by atoms with van der Waals surface area (Å²) in [6.07, 6.45) is -6.94. The smallest absolute Gasteiger partial charge is 0.291 e. The Morgan fingerprint density at radius 2 is 1.94 bits per heavy atom. The lowest BCUT2D eigenvalue weighted by atomic mass is 10.1. The first kappa shape index (κ1) is 22.7. The first-order chi connectivity index (χ1) is 14.7. The van der Waals surface area contributed by atoms with Gasteiger partial charge in [0.15, 0.2) is 0 Å². The number of halogens is 5. The quantitative estimate of drug-likeness (QED) is 0.628. The number of nitrogens with zero attached hydrogens (tertiary/aromatic N) is 1. The van der Waals surface area contributed by atoms with Gasteiger partial charge in [0.2, 0.25) is 5.72 Å². The fraction of sp³-hybridized carbons (Fsp3) is 0.250. The molecule has 6 nitrogen and oxygen atoms in total. The predicted octanol–water partition coefficient (Wildman–Crippen LogP) is 4.34. The fourth-order valence-corrected chi connectivity index (χ4v) is 3.09. The van der Waals surface area contributed by atoms with Gasteiger partial charge in [-0.1, -0.05) is 11.6 Å². The molecule has 1 saturated heterocycles. The maximum Gasteiger partial charge on any atom is 0.291 e. The minimum Gasteiger partial charge on any atom is -0.496 e. The number of rotatable bonds is 6. The molecule has 1 aliphatic heterocycles. The zero-order valence-electron chi connectivity index (χ0n) is 16.0. The topological polar surface area (TPSA) is 71.0 Å². The molecule has 11 heteroatoms. The first-order valence-electron chi connectivity index (χ1n) is 8.87. The Morgan fingerprint density at radius 3 is 2.52 bits per heavy atom. The van der Waals surface area contributed by atoms with Crippen LogP contribution < -0.4 is 14.9 Å². The number of benzene rings is 2. The van der Waals surface area contributed by atoms with Crippen LogP contribution in [0.1, 0.15) is 22.3 Å². The zero-order valence-corrected chi connectivity index (χ0v) is 16.8. The molecule has 2 N–H and O–H groups in total. The number of hydrogen-bond donors (Lipinski definition) is 2. The molecule has 0 aliphatic carbocycles. The van der Waals surface area contributed by atoms with Crippen molar-refractivity contribution in [2.45, 2.75) is 25.2 Å². The summed E-state index contributed by atoms with van der Waals surface area (Å²) >= 11 is 5.82. The predicted molar refractivity (Wildman–Crippen MR) is 103 cm³/mol. The van der Waals surface area contributed by atoms with E-state index in [2.05, 4.69) is 0 Å². The molecule has 1 atom stereocenters. The van der Waals surface area contributed by atoms with Gasteiger partial charge in [0.1, 0.15) is 23.8 Å². The molecule has 0 radical (unpaired) electrons. The van der Waals surface area contributed by atoms with E-state index in [4.69, 9.17) is 21.1 Å². The molecule has 1 heterocycles. The van der Waals surface area contributed by atoms with Crippen molar-refractivity contribution >= 4 is 17.5 Å². The van der Waals surface area contributed by atoms with Gasteiger partial charge in [0.25, 0.3) is 18.4 Å². The molecule has 0 spiro atoms. The molecular formula is C20H17ClF4N2O4. The number of nitrogens with one attached hydrogen (secondary N) is 1. The van der Waals surface area contributed by atoms with Crippen molar-refractivity contribution in [2.75, 3.05) is 7.11 Å². The summed E-state index contributed by atoms with van der Waals surface area (Å²) in [7, 11) is 1.39. The number of hydrogen-bond acceptors (Lipinski definition) is 5. The van der Waals surface area contributed by atoms with Crippen molar-refractivity contribution in [1.82, 2.24) is 10.4 Å². The highest BCUT2D eigenvalue weighted by Crippen LogP contribution is 2.36. The van der Waals surface area contributed by atoms with Crippen LogP contribution in [-0.4, -0.2) is 35.3 Å². The van der Waals surface area contributed by atoms with Crippen LogP contribution in [0.2, 0.25) is 5.02 Å². The summed E-state index contributed by atoms with van der Waals surface area (Å²) in [6.45, 7) is -0.0528. The summed E-state index contributed by atoms with van der Waals surface area (Å²) in [4.78, 5) is 12.8. The van der Waals surface area contributed by atoms with Crippen LogP contribution in [0.3, 0.4) is 0 Å². The molecule has 1 unspecified atom stereocenters. The Hall–Kier alpha value is -2.98. The third-order valence-electron chi connectivity index (χ3n) is 4.59. The second kappa shape index (κ2) is 9.03. The van der Waals surface area contributed by atoms with E-state index in [1.54, 1.807) is 24.3 Å². The maximum absolute atomic E-state index is 13.4. The third-order valence-corrected chi connectivity index (χ3v) is 4.84. The summed E-state index contributed by atoms with van der Waals surface area (Å²) in [5.74, 6) is -0.307. The van der Waals surface area contributed by atoms with Crippen LogP contribution in [0.25, 0.3) is 0 Å². The normalized spacial score (nSPS) is 18.2. The van der Waals surface area contributed by atoms with E-state index in [0.29, 0.717) is 22.1 Å². The molecule has 1 aliphatic rings. The van der Waals surface area contributed by atoms with Gasteiger partial charge in [-0.2, -0.15) is 8.78 Å². The molecule has 0 bridgehead atoms. The van der Waals surface area contributed by atoms with Gasteiger partial charge in [0, 0.05) is 16.1 Å². The Bertz CT molecular complexity index is 999. The number of carbonyl (C=O) groups is 1. The van der Waals surface area contributed by atoms with Crippen LogP contribution in [0.5, 0.6) is 11.5 Å². The number of alkyl halides is 2. The van der Waals surface area contributed by atoms with Crippen LogP contribution in [0.4, 0.5) is 17.6 Å². The molecule has 2 aromatic rings. The second-order valence-corrected chi connectivity index (χ2v) is 7.05. The van der Waals surface area contributed by atoms with Crippen molar-refractivity contribution in [2.24, 2.45) is 0 Å². The highest BCUT2D eigenvalue weighted by atomic mass is 35.5. The Balaban J connectivity index is 1.88. The van der Waals surface area contributed by atoms with Gasteiger partial charge in [-0.05, 0) is 42.5 Å². The largest absolute Gasteiger partial charge is 0.496 e. The molecule has 166 valence electrons. The van der Waals surface area contributed by atoms with Crippen LogP contribution in [-0.2, 0) is 6.61 Å². The lowest BCUT2D eigenvalue weighted by Gasteiger charge is -2.31. The van der Waals surface area contributed by atoms with Crippen molar-refractivity contribution in [3.63, 3.8) is 0 Å². The Morgan fingerprint density at radius 1 is 1.26 bits per heavy atom. The molecule has 1 fully saturated rings. The SMILES string of the molecule is COc1ccc(C(=O)N2NC(=C(F)F)CC2(O)C(F)F)cc1COc1ccc(Cl)cc1. The van der Waals surface area contributed by atoms with Gasteiger partial charge in [-0.3, -0.25) is 10.2 Å². The number of hydrazine groups is 1. The van der Waals surface area contributed by atoms with Crippen LogP contribution >= 0.6 is 11.6 Å². The molecule has 2 aromatic carbocycles. The van der Waals surface area contributed by atoms with Gasteiger partial charge < -0.3 is 14.6 Å². The number of methoxy groups -OCH3 is 1. The van der Waals surface area contributed by atoms with E-state index >= 15 is 0 Å². The van der Waals surface area contributed by atoms with Crippen molar-refractivity contribution in [3.8, 4) is 11.5 Å². The van der Waals surface area contributed by atoms with Gasteiger partial charge in [-0.15, -0.1) is 0 Å². The monoisotopic (exact) mass is 460 g/mol. The van der Waals surface area contributed by atoms with E-state index in [1.807, 2.05) is 5.43 Å². The van der Waals surface area contributed by atoms with Crippen LogP contribution in [0.15, 0.2) is 54.2 Å². The van der Waals surface area contributed by atoms with E-state index in [9.17, 15) is 27.5 Å². The molecular weight excluding hydrogens is 444 g/mol. The molecule has 3 rings (SSSR count).